The zero-order valence-corrected chi connectivity index (χ0v) is 15.6. The van der Waals surface area contributed by atoms with E-state index in [4.69, 9.17) is 0 Å². The molecule has 0 bridgehead atoms. The molecule has 0 spiro atoms. The number of hydrogen-bond donors (Lipinski definition) is 1. The van der Waals surface area contributed by atoms with Gasteiger partial charge in [0.2, 0.25) is 0 Å². The van der Waals surface area contributed by atoms with Gasteiger partial charge in [-0.25, -0.2) is 13.0 Å². The lowest BCUT2D eigenvalue weighted by Gasteiger charge is -2.21. The van der Waals surface area contributed by atoms with Crippen molar-refractivity contribution in [2.24, 2.45) is 0 Å². The molecule has 1 aliphatic heterocycles. The summed E-state index contributed by atoms with van der Waals surface area (Å²) < 4.78 is 43.2. The lowest BCUT2D eigenvalue weighted by atomic mass is 10.2. The topological polar surface area (TPSA) is 52.6 Å². The van der Waals surface area contributed by atoms with Crippen LogP contribution in [0.1, 0.15) is 12.5 Å². The number of nitrogens with one attached hydrogen (secondary N) is 1. The lowest BCUT2D eigenvalue weighted by molar-refractivity contribution is 0.592. The van der Waals surface area contributed by atoms with Crippen LogP contribution in [-0.4, -0.2) is 28.1 Å². The van der Waals surface area contributed by atoms with Gasteiger partial charge >= 0.3 is 10.2 Å². The number of para-hydroxylation sites is 2. The Labute approximate surface area is 153 Å². The molecule has 0 aromatic heterocycles. The van der Waals surface area contributed by atoms with Crippen molar-refractivity contribution in [3.05, 3.63) is 66.0 Å². The molecule has 1 heterocycles. The van der Waals surface area contributed by atoms with Crippen molar-refractivity contribution in [3.8, 4) is 0 Å². The fourth-order valence-corrected chi connectivity index (χ4v) is 4.57. The maximum Gasteiger partial charge on any atom is 0.331 e. The molecule has 0 saturated heterocycles. The Hall–Kier alpha value is -2.38. The molecule has 2 aromatic rings. The molecular formula is C19H22FN3O2S. The average molecular weight is 375 g/mol. The largest absolute Gasteiger partial charge is 0.331 e. The van der Waals surface area contributed by atoms with Gasteiger partial charge in [-0.2, -0.15) is 8.42 Å². The highest BCUT2D eigenvalue weighted by Gasteiger charge is 2.41. The van der Waals surface area contributed by atoms with E-state index in [9.17, 15) is 12.8 Å². The summed E-state index contributed by atoms with van der Waals surface area (Å²) >= 11 is 0. The molecule has 26 heavy (non-hydrogen) atoms. The molecule has 0 fully saturated rings. The van der Waals surface area contributed by atoms with Crippen LogP contribution in [0.25, 0.3) is 0 Å². The van der Waals surface area contributed by atoms with Crippen molar-refractivity contribution in [1.82, 2.24) is 5.32 Å². The maximum absolute atomic E-state index is 14.5. The number of likely N-dealkylation sites (N-methyl/N-ethyl adjacent to an activating group) is 1. The lowest BCUT2D eigenvalue weighted by Crippen LogP contribution is -2.35. The van der Waals surface area contributed by atoms with Crippen LogP contribution >= 0.6 is 0 Å². The number of halogens is 1. The first-order chi connectivity index (χ1) is 12.5. The van der Waals surface area contributed by atoms with Crippen molar-refractivity contribution < 1.29 is 12.8 Å². The molecule has 0 aliphatic carbocycles. The molecule has 0 atom stereocenters. The minimum absolute atomic E-state index is 0.0298. The highest BCUT2D eigenvalue weighted by atomic mass is 32.2. The smallest absolute Gasteiger partial charge is 0.314 e. The summed E-state index contributed by atoms with van der Waals surface area (Å²) in [5.41, 5.74) is 1.76. The van der Waals surface area contributed by atoms with Crippen LogP contribution in [0.4, 0.5) is 21.5 Å². The zero-order chi connectivity index (χ0) is 18.7. The van der Waals surface area contributed by atoms with Gasteiger partial charge in [-0.05, 0) is 43.3 Å². The third-order valence-corrected chi connectivity index (χ3v) is 5.91. The molecule has 138 valence electrons. The fourth-order valence-electron chi connectivity index (χ4n) is 2.90. The van der Waals surface area contributed by atoms with Crippen LogP contribution in [0.2, 0.25) is 0 Å². The van der Waals surface area contributed by atoms with E-state index < -0.39 is 16.0 Å². The van der Waals surface area contributed by atoms with Crippen molar-refractivity contribution in [2.45, 2.75) is 13.8 Å². The molecule has 0 saturated carbocycles. The van der Waals surface area contributed by atoms with Gasteiger partial charge in [0.15, 0.2) is 0 Å². The van der Waals surface area contributed by atoms with E-state index in [0.29, 0.717) is 17.9 Å². The van der Waals surface area contributed by atoms with E-state index in [0.717, 1.165) is 16.4 Å². The van der Waals surface area contributed by atoms with Gasteiger partial charge in [-0.1, -0.05) is 37.3 Å². The van der Waals surface area contributed by atoms with Gasteiger partial charge < -0.3 is 5.32 Å². The summed E-state index contributed by atoms with van der Waals surface area (Å²) in [4.78, 5) is 0. The van der Waals surface area contributed by atoms with E-state index in [-0.39, 0.29) is 12.2 Å². The first kappa shape index (κ1) is 18.4. The molecule has 1 aliphatic rings. The summed E-state index contributed by atoms with van der Waals surface area (Å²) in [7, 11) is -3.91. The highest BCUT2D eigenvalue weighted by Crippen LogP contribution is 2.45. The molecule has 7 heteroatoms. The maximum atomic E-state index is 14.5. The number of nitrogens with zero attached hydrogens (tertiary/aromatic N) is 2. The Morgan fingerprint density at radius 2 is 1.81 bits per heavy atom. The highest BCUT2D eigenvalue weighted by molar-refractivity contribution is 7.95. The van der Waals surface area contributed by atoms with E-state index in [1.165, 1.54) is 16.4 Å². The minimum Gasteiger partial charge on any atom is -0.314 e. The Bertz CT molecular complexity index is 928. The van der Waals surface area contributed by atoms with E-state index in [1.807, 2.05) is 13.0 Å². The van der Waals surface area contributed by atoms with Gasteiger partial charge in [0.1, 0.15) is 5.82 Å². The van der Waals surface area contributed by atoms with Crippen molar-refractivity contribution >= 4 is 27.3 Å². The quantitative estimate of drug-likeness (QED) is 0.621. The Balaban J connectivity index is 2.01. The summed E-state index contributed by atoms with van der Waals surface area (Å²) in [6, 6.07) is 11.5. The summed E-state index contributed by atoms with van der Waals surface area (Å²) in [6.45, 7) is 5.47. The van der Waals surface area contributed by atoms with Gasteiger partial charge in [0, 0.05) is 6.54 Å². The SMILES string of the molecule is CCNC/C=C\CN1c2ccccc2N(c2ccc(C)cc2F)S1(=O)=O. The van der Waals surface area contributed by atoms with Crippen LogP contribution in [0, 0.1) is 12.7 Å². The molecule has 0 amide bonds. The molecule has 2 aromatic carbocycles. The third-order valence-electron chi connectivity index (χ3n) is 4.15. The first-order valence-corrected chi connectivity index (χ1v) is 9.90. The standard InChI is InChI=1S/C19H22FN3O2S/c1-3-21-12-6-7-13-22-18-8-4-5-9-19(18)23(26(22,24)25)17-11-10-15(2)14-16(17)20/h4-11,14,21H,3,12-13H2,1-2H3/b7-6-. The Kier molecular flexibility index (Phi) is 5.29. The fraction of sp³-hybridized carbons (Fsp3) is 0.263. The number of aryl methyl sites for hydroxylation is 1. The monoisotopic (exact) mass is 375 g/mol. The summed E-state index contributed by atoms with van der Waals surface area (Å²) in [6.07, 6.45) is 3.68. The second-order valence-electron chi connectivity index (χ2n) is 6.03. The minimum atomic E-state index is -3.91. The predicted octanol–water partition coefficient (Wildman–Crippen LogP) is 3.50. The Morgan fingerprint density at radius 3 is 2.50 bits per heavy atom. The second kappa shape index (κ2) is 7.47. The number of rotatable bonds is 6. The molecular weight excluding hydrogens is 353 g/mol. The van der Waals surface area contributed by atoms with E-state index in [2.05, 4.69) is 5.32 Å². The van der Waals surface area contributed by atoms with Gasteiger partial charge in [-0.15, -0.1) is 0 Å². The van der Waals surface area contributed by atoms with Gasteiger partial charge in [0.05, 0.1) is 23.6 Å². The number of hydrogen-bond acceptors (Lipinski definition) is 3. The van der Waals surface area contributed by atoms with Crippen LogP contribution in [0.3, 0.4) is 0 Å². The molecule has 0 radical (unpaired) electrons. The molecule has 5 nitrogen and oxygen atoms in total. The number of benzene rings is 2. The first-order valence-electron chi connectivity index (χ1n) is 8.50. The van der Waals surface area contributed by atoms with E-state index >= 15 is 0 Å². The second-order valence-corrected chi connectivity index (χ2v) is 7.73. The zero-order valence-electron chi connectivity index (χ0n) is 14.8. The molecule has 0 unspecified atom stereocenters. The van der Waals surface area contributed by atoms with Crippen LogP contribution < -0.4 is 13.9 Å². The van der Waals surface area contributed by atoms with Gasteiger partial charge in [0.25, 0.3) is 0 Å². The predicted molar refractivity (Wildman–Crippen MR) is 104 cm³/mol. The van der Waals surface area contributed by atoms with Crippen LogP contribution in [-0.2, 0) is 10.2 Å². The van der Waals surface area contributed by atoms with Crippen molar-refractivity contribution in [2.75, 3.05) is 28.2 Å². The number of anilines is 3. The van der Waals surface area contributed by atoms with E-state index in [1.54, 1.807) is 43.3 Å². The Morgan fingerprint density at radius 1 is 1.08 bits per heavy atom. The third kappa shape index (κ3) is 3.32. The summed E-state index contributed by atoms with van der Waals surface area (Å²) in [5, 5.41) is 3.15. The normalized spacial score (nSPS) is 15.7. The summed E-state index contributed by atoms with van der Waals surface area (Å²) in [5.74, 6) is -0.562. The van der Waals surface area contributed by atoms with Crippen LogP contribution in [0.15, 0.2) is 54.6 Å². The average Bonchev–Trinajstić information content (AvgIpc) is 2.82. The van der Waals surface area contributed by atoms with Gasteiger partial charge in [-0.3, -0.25) is 0 Å². The molecule has 3 rings (SSSR count). The number of fused-ring (bicyclic) bond motifs is 1. The molecule has 1 N–H and O–H groups in total. The van der Waals surface area contributed by atoms with Crippen molar-refractivity contribution in [1.29, 1.82) is 0 Å². The van der Waals surface area contributed by atoms with Crippen LogP contribution in [0.5, 0.6) is 0 Å². The van der Waals surface area contributed by atoms with Crippen molar-refractivity contribution in [3.63, 3.8) is 0 Å².